The molecule has 0 saturated heterocycles. The number of hydrogen-bond donors (Lipinski definition) is 0. The van der Waals surface area contributed by atoms with Crippen molar-refractivity contribution >= 4 is 0 Å². The van der Waals surface area contributed by atoms with Crippen molar-refractivity contribution in [1.29, 1.82) is 5.26 Å². The van der Waals surface area contributed by atoms with Crippen molar-refractivity contribution < 1.29 is 4.74 Å². The molecule has 4 heteroatoms. The Hall–Kier alpha value is -2.41. The van der Waals surface area contributed by atoms with E-state index in [2.05, 4.69) is 16.0 Å². The minimum absolute atomic E-state index is 0.459. The minimum Gasteiger partial charge on any atom is -0.454 e. The van der Waals surface area contributed by atoms with E-state index < -0.39 is 0 Å². The summed E-state index contributed by atoms with van der Waals surface area (Å²) >= 11 is 0. The van der Waals surface area contributed by atoms with Gasteiger partial charge in [0.15, 0.2) is 0 Å². The van der Waals surface area contributed by atoms with E-state index in [0.717, 1.165) is 11.4 Å². The Labute approximate surface area is 106 Å². The highest BCUT2D eigenvalue weighted by Gasteiger charge is 2.10. The van der Waals surface area contributed by atoms with Gasteiger partial charge < -0.3 is 4.74 Å². The standard InChI is InChI=1S/C14H13N3O/c1-9-4-5-12(8-16-9)18-14-6-10(2)17-11(3)13(14)7-15/h4-6,8H,1-3H3. The zero-order valence-corrected chi connectivity index (χ0v) is 10.6. The molecule has 0 aliphatic carbocycles. The number of aryl methyl sites for hydroxylation is 3. The Morgan fingerprint density at radius 2 is 1.94 bits per heavy atom. The zero-order valence-electron chi connectivity index (χ0n) is 10.6. The number of nitrogens with zero attached hydrogens (tertiary/aromatic N) is 3. The van der Waals surface area contributed by atoms with E-state index in [9.17, 15) is 0 Å². The smallest absolute Gasteiger partial charge is 0.148 e. The molecule has 0 radical (unpaired) electrons. The highest BCUT2D eigenvalue weighted by Crippen LogP contribution is 2.26. The summed E-state index contributed by atoms with van der Waals surface area (Å²) in [4.78, 5) is 8.39. The van der Waals surface area contributed by atoms with Gasteiger partial charge in [-0.2, -0.15) is 5.26 Å². The third kappa shape index (κ3) is 2.46. The van der Waals surface area contributed by atoms with Crippen LogP contribution in [0.5, 0.6) is 11.5 Å². The fraction of sp³-hybridized carbons (Fsp3) is 0.214. The monoisotopic (exact) mass is 239 g/mol. The average Bonchev–Trinajstić information content (AvgIpc) is 2.32. The molecule has 2 aromatic heterocycles. The van der Waals surface area contributed by atoms with Crippen molar-refractivity contribution in [2.75, 3.05) is 0 Å². The van der Waals surface area contributed by atoms with Crippen LogP contribution in [-0.4, -0.2) is 9.97 Å². The second-order valence-corrected chi connectivity index (χ2v) is 4.07. The number of rotatable bonds is 2. The predicted octanol–water partition coefficient (Wildman–Crippen LogP) is 3.07. The molecule has 0 unspecified atom stereocenters. The first-order valence-electron chi connectivity index (χ1n) is 5.59. The molecule has 0 aliphatic heterocycles. The van der Waals surface area contributed by atoms with Crippen molar-refractivity contribution in [3.05, 3.63) is 47.0 Å². The van der Waals surface area contributed by atoms with Crippen molar-refractivity contribution in [1.82, 2.24) is 9.97 Å². The Balaban J connectivity index is 2.40. The molecular weight excluding hydrogens is 226 g/mol. The largest absolute Gasteiger partial charge is 0.454 e. The van der Waals surface area contributed by atoms with Crippen LogP contribution in [0.1, 0.15) is 22.6 Å². The number of pyridine rings is 2. The van der Waals surface area contributed by atoms with Gasteiger partial charge in [0.05, 0.1) is 11.9 Å². The van der Waals surface area contributed by atoms with E-state index in [1.807, 2.05) is 26.0 Å². The normalized spacial score (nSPS) is 9.89. The van der Waals surface area contributed by atoms with Crippen LogP contribution in [0, 0.1) is 32.1 Å². The van der Waals surface area contributed by atoms with Crippen LogP contribution in [0.25, 0.3) is 0 Å². The molecule has 0 N–H and O–H groups in total. The summed E-state index contributed by atoms with van der Waals surface area (Å²) in [5, 5.41) is 9.13. The van der Waals surface area contributed by atoms with Crippen molar-refractivity contribution in [2.45, 2.75) is 20.8 Å². The third-order valence-corrected chi connectivity index (χ3v) is 2.52. The molecule has 2 rings (SSSR count). The van der Waals surface area contributed by atoms with E-state index in [1.54, 1.807) is 19.2 Å². The highest BCUT2D eigenvalue weighted by molar-refractivity contribution is 5.48. The van der Waals surface area contributed by atoms with Gasteiger partial charge in [-0.3, -0.25) is 9.97 Å². The Bertz CT molecular complexity index is 612. The van der Waals surface area contributed by atoms with Gasteiger partial charge >= 0.3 is 0 Å². The van der Waals surface area contributed by atoms with E-state index in [0.29, 0.717) is 22.8 Å². The minimum atomic E-state index is 0.459. The third-order valence-electron chi connectivity index (χ3n) is 2.52. The lowest BCUT2D eigenvalue weighted by Crippen LogP contribution is -1.96. The predicted molar refractivity (Wildman–Crippen MR) is 67.5 cm³/mol. The molecule has 0 amide bonds. The van der Waals surface area contributed by atoms with E-state index in [1.165, 1.54) is 0 Å². The lowest BCUT2D eigenvalue weighted by molar-refractivity contribution is 0.476. The van der Waals surface area contributed by atoms with Gasteiger partial charge in [-0.1, -0.05) is 0 Å². The SMILES string of the molecule is Cc1ccc(Oc2cc(C)nc(C)c2C#N)cn1. The molecular formula is C14H13N3O. The van der Waals surface area contributed by atoms with E-state index in [4.69, 9.17) is 10.00 Å². The van der Waals surface area contributed by atoms with Crippen LogP contribution >= 0.6 is 0 Å². The van der Waals surface area contributed by atoms with Gasteiger partial charge in [0.25, 0.3) is 0 Å². The lowest BCUT2D eigenvalue weighted by atomic mass is 10.2. The van der Waals surface area contributed by atoms with Crippen LogP contribution in [0.3, 0.4) is 0 Å². The summed E-state index contributed by atoms with van der Waals surface area (Å²) in [5.74, 6) is 1.13. The summed E-state index contributed by atoms with van der Waals surface area (Å²) in [6.07, 6.45) is 1.64. The van der Waals surface area contributed by atoms with Gasteiger partial charge in [-0.15, -0.1) is 0 Å². The second-order valence-electron chi connectivity index (χ2n) is 4.07. The lowest BCUT2D eigenvalue weighted by Gasteiger charge is -2.09. The first-order chi connectivity index (χ1) is 8.60. The van der Waals surface area contributed by atoms with E-state index in [-0.39, 0.29) is 0 Å². The van der Waals surface area contributed by atoms with Gasteiger partial charge in [0.1, 0.15) is 23.1 Å². The zero-order chi connectivity index (χ0) is 13.1. The second kappa shape index (κ2) is 4.84. The number of ether oxygens (including phenoxy) is 1. The molecule has 2 aromatic rings. The summed E-state index contributed by atoms with van der Waals surface area (Å²) < 4.78 is 5.69. The Kier molecular flexibility index (Phi) is 3.24. The molecule has 0 bridgehead atoms. The first kappa shape index (κ1) is 12.1. The molecule has 0 aliphatic rings. The molecule has 0 aromatic carbocycles. The maximum Gasteiger partial charge on any atom is 0.148 e. The molecule has 90 valence electrons. The fourth-order valence-electron chi connectivity index (χ4n) is 1.65. The van der Waals surface area contributed by atoms with Crippen molar-refractivity contribution in [3.8, 4) is 17.6 Å². The van der Waals surface area contributed by atoms with Crippen LogP contribution in [0.4, 0.5) is 0 Å². The van der Waals surface area contributed by atoms with Crippen molar-refractivity contribution in [3.63, 3.8) is 0 Å². The summed E-state index contributed by atoms with van der Waals surface area (Å²) in [6, 6.07) is 7.56. The Morgan fingerprint density at radius 1 is 1.17 bits per heavy atom. The Morgan fingerprint density at radius 3 is 2.56 bits per heavy atom. The molecule has 0 atom stereocenters. The van der Waals surface area contributed by atoms with Gasteiger partial charge in [-0.25, -0.2) is 0 Å². The maximum absolute atomic E-state index is 9.13. The summed E-state index contributed by atoms with van der Waals surface area (Å²) in [6.45, 7) is 5.57. The fourth-order valence-corrected chi connectivity index (χ4v) is 1.65. The van der Waals surface area contributed by atoms with E-state index >= 15 is 0 Å². The summed E-state index contributed by atoms with van der Waals surface area (Å²) in [7, 11) is 0. The molecule has 18 heavy (non-hydrogen) atoms. The quantitative estimate of drug-likeness (QED) is 0.808. The number of nitriles is 1. The number of aromatic nitrogens is 2. The van der Waals surface area contributed by atoms with Gasteiger partial charge in [-0.05, 0) is 32.9 Å². The topological polar surface area (TPSA) is 58.8 Å². The maximum atomic E-state index is 9.13. The molecule has 4 nitrogen and oxygen atoms in total. The van der Waals surface area contributed by atoms with Crippen LogP contribution < -0.4 is 4.74 Å². The van der Waals surface area contributed by atoms with Crippen LogP contribution in [-0.2, 0) is 0 Å². The summed E-state index contributed by atoms with van der Waals surface area (Å²) in [5.41, 5.74) is 2.88. The molecule has 2 heterocycles. The molecule has 0 spiro atoms. The van der Waals surface area contributed by atoms with Crippen molar-refractivity contribution in [2.24, 2.45) is 0 Å². The van der Waals surface area contributed by atoms with Crippen LogP contribution in [0.15, 0.2) is 24.4 Å². The van der Waals surface area contributed by atoms with Gasteiger partial charge in [0, 0.05) is 17.5 Å². The van der Waals surface area contributed by atoms with Crippen LogP contribution in [0.2, 0.25) is 0 Å². The molecule has 0 saturated carbocycles. The highest BCUT2D eigenvalue weighted by atomic mass is 16.5. The number of hydrogen-bond acceptors (Lipinski definition) is 4. The molecule has 0 fully saturated rings. The van der Waals surface area contributed by atoms with Gasteiger partial charge in [0.2, 0.25) is 0 Å². The average molecular weight is 239 g/mol. The first-order valence-corrected chi connectivity index (χ1v) is 5.59.